The third-order valence-electron chi connectivity index (χ3n) is 6.90. The van der Waals surface area contributed by atoms with Crippen LogP contribution in [0, 0.1) is 10.1 Å². The normalized spacial score (nSPS) is 17.3. The van der Waals surface area contributed by atoms with Crippen molar-refractivity contribution in [3.63, 3.8) is 0 Å². The Morgan fingerprint density at radius 2 is 1.97 bits per heavy atom. The number of ether oxygens (including phenoxy) is 2. The second kappa shape index (κ2) is 11.4. The zero-order chi connectivity index (χ0) is 27.5. The molecule has 5 rings (SSSR count). The number of thioether (sulfide) groups is 1. The first-order valence-corrected chi connectivity index (χ1v) is 13.7. The Bertz CT molecular complexity index is 1420. The maximum absolute atomic E-state index is 13.6. The number of anilines is 1. The predicted molar refractivity (Wildman–Crippen MR) is 145 cm³/mol. The SMILES string of the molecule is COc1cc(C2C(C(=O)OC3CCCCC3)=C(C)Nc3nc(SCc4ccccc4)nn32)cc([N+](=O)[O-])c1O. The average Bonchev–Trinajstić information content (AvgIpc) is 3.34. The van der Waals surface area contributed by atoms with Gasteiger partial charge in [-0.15, -0.1) is 5.10 Å². The quantitative estimate of drug-likeness (QED) is 0.163. The van der Waals surface area contributed by atoms with Gasteiger partial charge in [-0.05, 0) is 49.8 Å². The predicted octanol–water partition coefficient (Wildman–Crippen LogP) is 5.36. The smallest absolute Gasteiger partial charge is 0.338 e. The van der Waals surface area contributed by atoms with E-state index in [1.165, 1.54) is 35.7 Å². The van der Waals surface area contributed by atoms with Gasteiger partial charge in [0.05, 0.1) is 17.6 Å². The van der Waals surface area contributed by atoms with Crippen LogP contribution in [0.4, 0.5) is 11.6 Å². The summed E-state index contributed by atoms with van der Waals surface area (Å²) in [6.07, 6.45) is 4.50. The molecule has 1 aliphatic heterocycles. The number of aromatic hydroxyl groups is 1. The first kappa shape index (κ1) is 26.5. The highest BCUT2D eigenvalue weighted by molar-refractivity contribution is 7.98. The number of nitrogens with zero attached hydrogens (tertiary/aromatic N) is 4. The number of phenols is 1. The van der Waals surface area contributed by atoms with Crippen LogP contribution in [0.25, 0.3) is 0 Å². The van der Waals surface area contributed by atoms with E-state index < -0.39 is 28.4 Å². The Kier molecular flexibility index (Phi) is 7.73. The fraction of sp³-hybridized carbons (Fsp3) is 0.370. The molecule has 3 aromatic rings. The van der Waals surface area contributed by atoms with E-state index in [0.717, 1.165) is 37.7 Å². The number of nitro groups is 1. The number of nitro benzene ring substituents is 1. The zero-order valence-electron chi connectivity index (χ0n) is 21.6. The maximum Gasteiger partial charge on any atom is 0.338 e. The molecule has 39 heavy (non-hydrogen) atoms. The lowest BCUT2D eigenvalue weighted by Crippen LogP contribution is -2.32. The first-order valence-electron chi connectivity index (χ1n) is 12.7. The monoisotopic (exact) mass is 551 g/mol. The van der Waals surface area contributed by atoms with Gasteiger partial charge in [-0.25, -0.2) is 9.48 Å². The van der Waals surface area contributed by atoms with Gasteiger partial charge in [-0.3, -0.25) is 10.1 Å². The second-order valence-electron chi connectivity index (χ2n) is 9.52. The highest BCUT2D eigenvalue weighted by Gasteiger charge is 2.38. The number of benzene rings is 2. The summed E-state index contributed by atoms with van der Waals surface area (Å²) in [6, 6.07) is 11.7. The van der Waals surface area contributed by atoms with E-state index in [-0.39, 0.29) is 17.4 Å². The maximum atomic E-state index is 13.6. The van der Waals surface area contributed by atoms with Crippen LogP contribution in [0.15, 0.2) is 58.9 Å². The number of rotatable bonds is 8. The van der Waals surface area contributed by atoms with E-state index >= 15 is 0 Å². The van der Waals surface area contributed by atoms with Crippen molar-refractivity contribution in [1.82, 2.24) is 14.8 Å². The molecule has 1 aliphatic carbocycles. The van der Waals surface area contributed by atoms with Crippen molar-refractivity contribution in [2.24, 2.45) is 0 Å². The highest BCUT2D eigenvalue weighted by atomic mass is 32.2. The summed E-state index contributed by atoms with van der Waals surface area (Å²) in [4.78, 5) is 29.3. The lowest BCUT2D eigenvalue weighted by atomic mass is 9.94. The van der Waals surface area contributed by atoms with E-state index in [4.69, 9.17) is 9.47 Å². The number of nitrogens with one attached hydrogen (secondary N) is 1. The summed E-state index contributed by atoms with van der Waals surface area (Å²) in [5.74, 6) is -0.180. The van der Waals surface area contributed by atoms with E-state index in [1.807, 2.05) is 30.3 Å². The summed E-state index contributed by atoms with van der Waals surface area (Å²) < 4.78 is 12.7. The van der Waals surface area contributed by atoms with Crippen molar-refractivity contribution >= 4 is 29.4 Å². The fourth-order valence-corrected chi connectivity index (χ4v) is 5.74. The third-order valence-corrected chi connectivity index (χ3v) is 7.81. The number of carbonyl (C=O) groups is 1. The Hall–Kier alpha value is -4.06. The van der Waals surface area contributed by atoms with Gasteiger partial charge >= 0.3 is 11.7 Å². The molecule has 0 saturated heterocycles. The Balaban J connectivity index is 1.56. The first-order chi connectivity index (χ1) is 18.9. The number of fused-ring (bicyclic) bond motifs is 1. The number of hydrogen-bond donors (Lipinski definition) is 2. The van der Waals surface area contributed by atoms with Gasteiger partial charge in [-0.2, -0.15) is 4.98 Å². The number of methoxy groups -OCH3 is 1. The number of hydrogen-bond acceptors (Lipinski definition) is 10. The van der Waals surface area contributed by atoms with E-state index in [9.17, 15) is 20.0 Å². The summed E-state index contributed by atoms with van der Waals surface area (Å²) in [7, 11) is 1.31. The molecule has 0 spiro atoms. The van der Waals surface area contributed by atoms with Crippen LogP contribution < -0.4 is 10.1 Å². The molecule has 1 atom stereocenters. The van der Waals surface area contributed by atoms with Crippen molar-refractivity contribution in [3.8, 4) is 11.5 Å². The van der Waals surface area contributed by atoms with Crippen molar-refractivity contribution in [2.75, 3.05) is 12.4 Å². The Morgan fingerprint density at radius 1 is 1.23 bits per heavy atom. The molecule has 1 unspecified atom stereocenters. The minimum absolute atomic E-state index is 0.0873. The van der Waals surface area contributed by atoms with Crippen LogP contribution >= 0.6 is 11.8 Å². The lowest BCUT2D eigenvalue weighted by molar-refractivity contribution is -0.386. The van der Waals surface area contributed by atoms with Gasteiger partial charge in [-0.1, -0.05) is 48.5 Å². The van der Waals surface area contributed by atoms with Gasteiger partial charge < -0.3 is 19.9 Å². The molecular weight excluding hydrogens is 522 g/mol. The average molecular weight is 552 g/mol. The zero-order valence-corrected chi connectivity index (χ0v) is 22.4. The number of aromatic nitrogens is 3. The van der Waals surface area contributed by atoms with Crippen LogP contribution in [0.3, 0.4) is 0 Å². The molecule has 12 heteroatoms. The molecule has 11 nitrogen and oxygen atoms in total. The summed E-state index contributed by atoms with van der Waals surface area (Å²) >= 11 is 1.43. The van der Waals surface area contributed by atoms with Gasteiger partial charge in [0.2, 0.25) is 16.9 Å². The standard InChI is InChI=1S/C27H29N5O6S/c1-16-22(25(34)38-19-11-7-4-8-12-19)23(18-13-20(32(35)36)24(33)21(14-18)37-2)31-26(28-16)29-27(30-31)39-15-17-9-5-3-6-10-17/h3,5-6,9-10,13-14,19,23,33H,4,7-8,11-12,15H2,1-2H3,(H,28,29,30). The molecule has 2 heterocycles. The third kappa shape index (κ3) is 5.56. The highest BCUT2D eigenvalue weighted by Crippen LogP contribution is 2.44. The number of phenolic OH excluding ortho intramolecular Hbond substituents is 1. The molecule has 1 aromatic heterocycles. The molecular formula is C27H29N5O6S. The number of allylic oxidation sites excluding steroid dienone is 1. The molecule has 2 N–H and O–H groups in total. The van der Waals surface area contributed by atoms with Crippen LogP contribution in [-0.4, -0.2) is 44.0 Å². The number of esters is 1. The van der Waals surface area contributed by atoms with Gasteiger partial charge in [0, 0.05) is 17.5 Å². The topological polar surface area (TPSA) is 142 Å². The summed E-state index contributed by atoms with van der Waals surface area (Å²) in [5.41, 5.74) is 1.67. The second-order valence-corrected chi connectivity index (χ2v) is 10.5. The van der Waals surface area contributed by atoms with Crippen molar-refractivity contribution in [3.05, 3.63) is 75.0 Å². The molecule has 204 valence electrons. The molecule has 0 amide bonds. The Morgan fingerprint density at radius 3 is 2.67 bits per heavy atom. The van der Waals surface area contributed by atoms with Crippen LogP contribution in [0.2, 0.25) is 0 Å². The molecule has 1 saturated carbocycles. The van der Waals surface area contributed by atoms with E-state index in [2.05, 4.69) is 15.4 Å². The van der Waals surface area contributed by atoms with Crippen LogP contribution in [0.5, 0.6) is 11.5 Å². The fourth-order valence-electron chi connectivity index (χ4n) is 4.95. The van der Waals surface area contributed by atoms with Crippen molar-refractivity contribution in [2.45, 2.75) is 62.1 Å². The van der Waals surface area contributed by atoms with Gasteiger partial charge in [0.15, 0.2) is 5.75 Å². The van der Waals surface area contributed by atoms with Crippen LogP contribution in [-0.2, 0) is 15.3 Å². The summed E-state index contributed by atoms with van der Waals surface area (Å²) in [5, 5.41) is 30.5. The Labute approximate surface area is 229 Å². The largest absolute Gasteiger partial charge is 0.500 e. The molecule has 0 bridgehead atoms. The van der Waals surface area contributed by atoms with Crippen molar-refractivity contribution in [1.29, 1.82) is 0 Å². The molecule has 2 aliphatic rings. The van der Waals surface area contributed by atoms with Gasteiger partial charge in [0.25, 0.3) is 0 Å². The van der Waals surface area contributed by atoms with Crippen molar-refractivity contribution < 1.29 is 24.3 Å². The molecule has 0 radical (unpaired) electrons. The molecule has 2 aromatic carbocycles. The van der Waals surface area contributed by atoms with Crippen LogP contribution in [0.1, 0.15) is 56.2 Å². The molecule has 1 fully saturated rings. The minimum atomic E-state index is -0.899. The number of carbonyl (C=O) groups excluding carboxylic acids is 1. The van der Waals surface area contributed by atoms with E-state index in [0.29, 0.717) is 28.1 Å². The lowest BCUT2D eigenvalue weighted by Gasteiger charge is -2.30. The van der Waals surface area contributed by atoms with Gasteiger partial charge in [0.1, 0.15) is 12.1 Å². The minimum Gasteiger partial charge on any atom is -0.500 e. The summed E-state index contributed by atoms with van der Waals surface area (Å²) in [6.45, 7) is 1.74. The van der Waals surface area contributed by atoms with E-state index in [1.54, 1.807) is 6.92 Å².